The summed E-state index contributed by atoms with van der Waals surface area (Å²) in [6.45, 7) is 5.68. The zero-order valence-electron chi connectivity index (χ0n) is 20.7. The van der Waals surface area contributed by atoms with Crippen LogP contribution in [0, 0.1) is 11.8 Å². The number of fused-ring (bicyclic) bond motifs is 4. The van der Waals surface area contributed by atoms with E-state index in [1.165, 1.54) is 0 Å². The Morgan fingerprint density at radius 3 is 2.36 bits per heavy atom. The first kappa shape index (κ1) is 27.4. The van der Waals surface area contributed by atoms with Gasteiger partial charge < -0.3 is 10.6 Å². The van der Waals surface area contributed by atoms with Crippen molar-refractivity contribution < 1.29 is 26.3 Å². The number of anilines is 1. The molecular weight excluding hydrogens is 538 g/mol. The van der Waals surface area contributed by atoms with Crippen molar-refractivity contribution >= 4 is 33.9 Å². The van der Waals surface area contributed by atoms with E-state index in [0.717, 1.165) is 42.4 Å². The number of pyridine rings is 1. The van der Waals surface area contributed by atoms with E-state index in [0.29, 0.717) is 24.0 Å². The fourth-order valence-corrected chi connectivity index (χ4v) is 6.07. The van der Waals surface area contributed by atoms with Gasteiger partial charge in [-0.3, -0.25) is 9.88 Å². The molecule has 6 rings (SSSR count). The molecule has 3 saturated heterocycles. The second-order valence-corrected chi connectivity index (χ2v) is 10.4. The van der Waals surface area contributed by atoms with Crippen molar-refractivity contribution in [2.24, 2.45) is 11.8 Å². The molecule has 0 spiro atoms. The SMILES string of the molecule is C=C[C@H]1CN2CC[C@H]1C[C@@H]2[C@@H](NC(=S)Nc1cc(C(F)(F)F)cc(C(F)(F)F)c1)c1ccnc2ccccc12. The molecule has 3 aliphatic rings. The molecule has 0 radical (unpaired) electrons. The highest BCUT2D eigenvalue weighted by Crippen LogP contribution is 2.42. The van der Waals surface area contributed by atoms with Crippen molar-refractivity contribution in [2.75, 3.05) is 18.4 Å². The highest BCUT2D eigenvalue weighted by molar-refractivity contribution is 7.80. The topological polar surface area (TPSA) is 40.2 Å². The molecule has 1 aromatic heterocycles. The number of hydrogen-bond acceptors (Lipinski definition) is 3. The van der Waals surface area contributed by atoms with Gasteiger partial charge in [0.25, 0.3) is 0 Å². The molecule has 1 unspecified atom stereocenters. The number of nitrogens with one attached hydrogen (secondary N) is 2. The predicted octanol–water partition coefficient (Wildman–Crippen LogP) is 7.20. The van der Waals surface area contributed by atoms with Crippen LogP contribution in [0.1, 0.15) is 35.6 Å². The van der Waals surface area contributed by atoms with Crippen LogP contribution in [0.3, 0.4) is 0 Å². The van der Waals surface area contributed by atoms with Crippen LogP contribution in [0.15, 0.2) is 67.4 Å². The minimum absolute atomic E-state index is 0.00208. The van der Waals surface area contributed by atoms with Gasteiger partial charge in [-0.25, -0.2) is 0 Å². The quantitative estimate of drug-likeness (QED) is 0.195. The molecule has 206 valence electrons. The van der Waals surface area contributed by atoms with Gasteiger partial charge in [0.1, 0.15) is 0 Å². The Bertz CT molecular complexity index is 1350. The summed E-state index contributed by atoms with van der Waals surface area (Å²) < 4.78 is 80.3. The fraction of sp³-hybridized carbons (Fsp3) is 0.357. The standard InChI is InChI=1S/C28H26F6N4S/c1-2-16-15-38-10-8-17(16)11-24(38)25(22-7-9-35-23-6-4-3-5-21(22)23)37-26(39)36-20-13-18(27(29,30)31)12-19(14-20)28(32,33)34/h2-7,9,12-14,16-17,24-25H,1,8,10-11,15H2,(H2,36,37,39)/t16-,17-,24+,25-/m0/s1. The van der Waals surface area contributed by atoms with Crippen LogP contribution in [0.2, 0.25) is 0 Å². The van der Waals surface area contributed by atoms with Crippen LogP contribution in [0.25, 0.3) is 10.9 Å². The zero-order valence-corrected chi connectivity index (χ0v) is 21.5. The van der Waals surface area contributed by atoms with E-state index in [1.54, 1.807) is 6.20 Å². The first-order chi connectivity index (χ1) is 18.4. The number of aromatic nitrogens is 1. The molecule has 2 bridgehead atoms. The van der Waals surface area contributed by atoms with E-state index in [9.17, 15) is 26.3 Å². The summed E-state index contributed by atoms with van der Waals surface area (Å²) in [6.07, 6.45) is -4.37. The Hall–Kier alpha value is -3.18. The zero-order chi connectivity index (χ0) is 27.9. The van der Waals surface area contributed by atoms with Gasteiger partial charge in [-0.15, -0.1) is 6.58 Å². The summed E-state index contributed by atoms with van der Waals surface area (Å²) in [7, 11) is 0. The van der Waals surface area contributed by atoms with Crippen molar-refractivity contribution in [3.05, 3.63) is 84.1 Å². The lowest BCUT2D eigenvalue weighted by molar-refractivity contribution is -0.143. The van der Waals surface area contributed by atoms with Crippen molar-refractivity contribution in [3.8, 4) is 0 Å². The monoisotopic (exact) mass is 564 g/mol. The maximum atomic E-state index is 13.4. The van der Waals surface area contributed by atoms with Gasteiger partial charge in [0, 0.05) is 29.9 Å². The van der Waals surface area contributed by atoms with Gasteiger partial charge in [-0.05, 0) is 79.3 Å². The summed E-state index contributed by atoms with van der Waals surface area (Å²) in [4.78, 5) is 6.79. The molecule has 2 N–H and O–H groups in total. The van der Waals surface area contributed by atoms with E-state index in [1.807, 2.05) is 36.4 Å². The summed E-state index contributed by atoms with van der Waals surface area (Å²) >= 11 is 5.47. The molecular formula is C28H26F6N4S. The molecule has 3 fully saturated rings. The number of piperidine rings is 3. The Kier molecular flexibility index (Phi) is 7.32. The summed E-state index contributed by atoms with van der Waals surface area (Å²) in [5.41, 5.74) is -1.55. The number of thiocarbonyl (C=S) groups is 1. The average Bonchev–Trinajstić information content (AvgIpc) is 2.90. The third-order valence-corrected chi connectivity index (χ3v) is 7.91. The molecule has 3 aliphatic heterocycles. The van der Waals surface area contributed by atoms with Gasteiger partial charge >= 0.3 is 12.4 Å². The molecule has 3 aromatic rings. The predicted molar refractivity (Wildman–Crippen MR) is 142 cm³/mol. The van der Waals surface area contributed by atoms with E-state index in [2.05, 4.69) is 27.1 Å². The highest BCUT2D eigenvalue weighted by Gasteiger charge is 2.43. The van der Waals surface area contributed by atoms with E-state index < -0.39 is 29.2 Å². The first-order valence-corrected chi connectivity index (χ1v) is 12.9. The Morgan fingerprint density at radius 2 is 1.74 bits per heavy atom. The summed E-state index contributed by atoms with van der Waals surface area (Å²) in [5.74, 6) is 0.787. The third-order valence-electron chi connectivity index (χ3n) is 7.69. The molecule has 0 amide bonds. The smallest absolute Gasteiger partial charge is 0.354 e. The number of alkyl halides is 6. The Morgan fingerprint density at radius 1 is 1.05 bits per heavy atom. The third kappa shape index (κ3) is 5.74. The van der Waals surface area contributed by atoms with Crippen molar-refractivity contribution in [1.82, 2.24) is 15.2 Å². The van der Waals surface area contributed by atoms with E-state index >= 15 is 0 Å². The molecule has 0 aliphatic carbocycles. The molecule has 2 aromatic carbocycles. The van der Waals surface area contributed by atoms with Crippen LogP contribution >= 0.6 is 12.2 Å². The number of nitrogens with zero attached hydrogens (tertiary/aromatic N) is 2. The maximum absolute atomic E-state index is 13.4. The van der Waals surface area contributed by atoms with Crippen molar-refractivity contribution in [2.45, 2.75) is 37.3 Å². The van der Waals surface area contributed by atoms with Gasteiger partial charge in [-0.2, -0.15) is 26.3 Å². The van der Waals surface area contributed by atoms with Crippen LogP contribution in [0.5, 0.6) is 0 Å². The minimum Gasteiger partial charge on any atom is -0.354 e. The largest absolute Gasteiger partial charge is 0.416 e. The lowest BCUT2D eigenvalue weighted by Crippen LogP contribution is -2.57. The first-order valence-electron chi connectivity index (χ1n) is 12.5. The lowest BCUT2D eigenvalue weighted by Gasteiger charge is -2.52. The van der Waals surface area contributed by atoms with Crippen LogP contribution in [-0.2, 0) is 12.4 Å². The number of para-hydroxylation sites is 1. The Labute approximate surface area is 227 Å². The molecule has 0 saturated carbocycles. The highest BCUT2D eigenvalue weighted by atomic mass is 32.1. The Balaban J connectivity index is 1.48. The minimum atomic E-state index is -4.96. The molecule has 5 atom stereocenters. The average molecular weight is 565 g/mol. The number of halogens is 6. The van der Waals surface area contributed by atoms with Crippen molar-refractivity contribution in [1.29, 1.82) is 0 Å². The normalized spacial score (nSPS) is 23.8. The fourth-order valence-electron chi connectivity index (χ4n) is 5.83. The second kappa shape index (κ2) is 10.4. The van der Waals surface area contributed by atoms with Crippen LogP contribution in [0.4, 0.5) is 32.0 Å². The maximum Gasteiger partial charge on any atom is 0.416 e. The van der Waals surface area contributed by atoms with Crippen molar-refractivity contribution in [3.63, 3.8) is 0 Å². The number of rotatable bonds is 5. The van der Waals surface area contributed by atoms with Gasteiger partial charge in [-0.1, -0.05) is 24.3 Å². The molecule has 4 heterocycles. The van der Waals surface area contributed by atoms with Gasteiger partial charge in [0.2, 0.25) is 0 Å². The van der Waals surface area contributed by atoms with Gasteiger partial charge in [0.15, 0.2) is 5.11 Å². The van der Waals surface area contributed by atoms with E-state index in [4.69, 9.17) is 12.2 Å². The second-order valence-electron chi connectivity index (χ2n) is 10.0. The number of benzene rings is 2. The van der Waals surface area contributed by atoms with Crippen LogP contribution < -0.4 is 10.6 Å². The summed E-state index contributed by atoms with van der Waals surface area (Å²) in [5, 5.41) is 6.65. The number of hydrogen-bond donors (Lipinski definition) is 2. The lowest BCUT2D eigenvalue weighted by atomic mass is 9.73. The summed E-state index contributed by atoms with van der Waals surface area (Å²) in [6, 6.07) is 10.4. The molecule has 39 heavy (non-hydrogen) atoms. The van der Waals surface area contributed by atoms with Gasteiger partial charge in [0.05, 0.1) is 22.7 Å². The van der Waals surface area contributed by atoms with E-state index in [-0.39, 0.29) is 23.3 Å². The molecule has 11 heteroatoms. The molecule has 4 nitrogen and oxygen atoms in total. The van der Waals surface area contributed by atoms with Crippen LogP contribution in [-0.4, -0.2) is 34.1 Å².